The quantitative estimate of drug-likeness (QED) is 0.0363. The molecular formula is C61H102N4O44. The molecule has 9 rings (SSSR count). The fraction of sp³-hybridized carbons (Fsp3) is 0.934. The number of amides is 4. The Labute approximate surface area is 618 Å². The van der Waals surface area contributed by atoms with Gasteiger partial charge in [-0.1, -0.05) is 0 Å². The molecule has 0 saturated carbocycles. The molecule has 9 fully saturated rings. The maximum absolute atomic E-state index is 13.1. The first-order valence-corrected chi connectivity index (χ1v) is 34.9. The fourth-order valence-electron chi connectivity index (χ4n) is 14.0. The second-order valence-electron chi connectivity index (χ2n) is 27.7. The van der Waals surface area contributed by atoms with E-state index in [4.69, 9.17) is 80.5 Å². The van der Waals surface area contributed by atoms with E-state index < -0.39 is 346 Å². The Morgan fingerprint density at radius 3 is 1.15 bits per heavy atom. The predicted molar refractivity (Wildman–Crippen MR) is 336 cm³/mol. The van der Waals surface area contributed by atoms with E-state index in [1.807, 2.05) is 0 Å². The summed E-state index contributed by atoms with van der Waals surface area (Å²) in [6.07, 6.45) is -79.7. The number of nitrogens with one attached hydrogen (secondary N) is 4. The second kappa shape index (κ2) is 38.8. The minimum absolute atomic E-state index is 0.784. The minimum atomic E-state index is -2.51. The molecule has 630 valence electrons. The van der Waals surface area contributed by atoms with Crippen molar-refractivity contribution >= 4 is 23.6 Å². The molecule has 9 heterocycles. The zero-order valence-corrected chi connectivity index (χ0v) is 58.9. The Morgan fingerprint density at radius 2 is 0.642 bits per heavy atom. The first kappa shape index (κ1) is 89.2. The molecule has 109 heavy (non-hydrogen) atoms. The van der Waals surface area contributed by atoms with E-state index in [-0.39, 0.29) is 0 Å². The molecule has 0 radical (unpaired) electrons. The summed E-state index contributed by atoms with van der Waals surface area (Å²) < 4.78 is 101. The van der Waals surface area contributed by atoms with Gasteiger partial charge in [-0.25, -0.2) is 0 Å². The molecule has 9 aliphatic heterocycles. The van der Waals surface area contributed by atoms with Gasteiger partial charge in [0.05, 0.1) is 59.0 Å². The first-order chi connectivity index (χ1) is 51.5. The van der Waals surface area contributed by atoms with E-state index >= 15 is 0 Å². The smallest absolute Gasteiger partial charge is 0.217 e. The Hall–Kier alpha value is -3.72. The molecule has 9 saturated heterocycles. The van der Waals surface area contributed by atoms with Crippen LogP contribution in [0.4, 0.5) is 0 Å². The SMILES string of the molecule is CC(=O)N[C@@H]1[C@@H](O)[C@H](O[C@@H]2O[C@H](CO)[C@@H](O[C@@H]3O[C@H](CO[C@H]4OC[C@@H](O)[C@H](O)[C@@H]4O[C@@H]4O[C@H](CO)[C@@H](O[C@@H]5O[C@H](CO)[C@H](O)[C@H](O)[C@H]5O)[C@H](O)[C@H]4NC(C)=O)[C@@H](O)[C@H](O[C@H]4O[C@H](CO)[C@@H](O)[C@H](O)[C@@H]4O[C@@H]4O[C@H](CO)[C@@H](O)[C@H](O)[C@H]4NC(C)=O)[C@@H]3O)[C@H](O)[C@H]2NC(C)=O)[C@@H](CO[C@@H]2O[C@@H](C)[C@@H](O)[C@@H](O)[C@@H]2O)O[C@H]1O. The maximum atomic E-state index is 13.1. The lowest BCUT2D eigenvalue weighted by atomic mass is 9.93. The molecule has 4 amide bonds. The molecule has 48 heteroatoms. The monoisotopic (exact) mass is 1590 g/mol. The number of rotatable bonds is 27. The van der Waals surface area contributed by atoms with Crippen molar-refractivity contribution in [1.82, 2.24) is 21.3 Å². The lowest BCUT2D eigenvalue weighted by molar-refractivity contribution is -0.395. The van der Waals surface area contributed by atoms with Gasteiger partial charge in [0.1, 0.15) is 207 Å². The number of carbonyl (C=O) groups is 4. The van der Waals surface area contributed by atoms with Crippen LogP contribution >= 0.6 is 0 Å². The van der Waals surface area contributed by atoms with E-state index in [1.54, 1.807) is 0 Å². The number of aliphatic hydroxyl groups is 23. The van der Waals surface area contributed by atoms with Crippen molar-refractivity contribution in [2.75, 3.05) is 52.9 Å². The van der Waals surface area contributed by atoms with Crippen molar-refractivity contribution in [3.63, 3.8) is 0 Å². The summed E-state index contributed by atoms with van der Waals surface area (Å²) in [5, 5.41) is 265. The summed E-state index contributed by atoms with van der Waals surface area (Å²) in [4.78, 5) is 50.8. The van der Waals surface area contributed by atoms with Gasteiger partial charge in [0.15, 0.2) is 56.6 Å². The molecule has 0 bridgehead atoms. The average molecular weight is 1600 g/mol. The lowest BCUT2D eigenvalue weighted by Crippen LogP contribution is -2.71. The summed E-state index contributed by atoms with van der Waals surface area (Å²) in [7, 11) is 0. The summed E-state index contributed by atoms with van der Waals surface area (Å²) in [5.41, 5.74) is 0. The van der Waals surface area contributed by atoms with Gasteiger partial charge in [0.25, 0.3) is 0 Å². The Balaban J connectivity index is 1.03. The van der Waals surface area contributed by atoms with Crippen molar-refractivity contribution in [1.29, 1.82) is 0 Å². The topological polar surface area (TPSA) is 739 Å². The Morgan fingerprint density at radius 1 is 0.294 bits per heavy atom. The molecular weight excluding hydrogens is 1490 g/mol. The van der Waals surface area contributed by atoms with Crippen LogP contribution in [0.1, 0.15) is 34.6 Å². The van der Waals surface area contributed by atoms with Crippen molar-refractivity contribution < 1.29 is 217 Å². The van der Waals surface area contributed by atoms with Crippen molar-refractivity contribution in [2.24, 2.45) is 0 Å². The van der Waals surface area contributed by atoms with E-state index in [2.05, 4.69) is 21.3 Å². The number of hydrogen-bond acceptors (Lipinski definition) is 44. The third-order valence-corrected chi connectivity index (χ3v) is 19.9. The summed E-state index contributed by atoms with van der Waals surface area (Å²) in [6.45, 7) is -2.78. The molecule has 9 aliphatic rings. The van der Waals surface area contributed by atoms with Gasteiger partial charge in [-0.2, -0.15) is 0 Å². The predicted octanol–water partition coefficient (Wildman–Crippen LogP) is -18.4. The van der Waals surface area contributed by atoms with E-state index in [0.717, 1.165) is 27.7 Å². The molecule has 27 N–H and O–H groups in total. The molecule has 0 aliphatic carbocycles. The summed E-state index contributed by atoms with van der Waals surface area (Å²) in [5.74, 6) is -3.52. The highest BCUT2D eigenvalue weighted by molar-refractivity contribution is 5.74. The van der Waals surface area contributed by atoms with E-state index in [0.29, 0.717) is 0 Å². The molecule has 0 spiro atoms. The van der Waals surface area contributed by atoms with E-state index in [9.17, 15) is 137 Å². The maximum Gasteiger partial charge on any atom is 0.217 e. The third kappa shape index (κ3) is 20.0. The fourth-order valence-corrected chi connectivity index (χ4v) is 14.0. The van der Waals surface area contributed by atoms with E-state index in [1.165, 1.54) is 6.92 Å². The molecule has 0 aromatic heterocycles. The van der Waals surface area contributed by atoms with Gasteiger partial charge in [0.2, 0.25) is 23.6 Å². The Bertz CT molecular complexity index is 2900. The second-order valence-corrected chi connectivity index (χ2v) is 27.7. The number of carbonyl (C=O) groups excluding carboxylic acids is 4. The van der Waals surface area contributed by atoms with Crippen LogP contribution in [-0.2, 0) is 99.7 Å². The van der Waals surface area contributed by atoms with Crippen LogP contribution in [0.5, 0.6) is 0 Å². The largest absolute Gasteiger partial charge is 0.394 e. The molecule has 0 aromatic rings. The van der Waals surface area contributed by atoms with Crippen molar-refractivity contribution in [3.05, 3.63) is 0 Å². The third-order valence-electron chi connectivity index (χ3n) is 19.9. The number of ether oxygens (including phenoxy) is 17. The zero-order valence-electron chi connectivity index (χ0n) is 58.9. The number of hydrogen-bond donors (Lipinski definition) is 27. The molecule has 44 atom stereocenters. The van der Waals surface area contributed by atoms with Gasteiger partial charge in [-0.05, 0) is 6.92 Å². The Kier molecular flexibility index (Phi) is 31.8. The summed E-state index contributed by atoms with van der Waals surface area (Å²) in [6, 6.07) is -7.28. The highest BCUT2D eigenvalue weighted by Crippen LogP contribution is 2.39. The highest BCUT2D eigenvalue weighted by Gasteiger charge is 2.60. The average Bonchev–Trinajstić information content (AvgIpc) is 0.773. The first-order valence-electron chi connectivity index (χ1n) is 34.9. The van der Waals surface area contributed by atoms with Crippen LogP contribution in [0.15, 0.2) is 0 Å². The van der Waals surface area contributed by atoms with Gasteiger partial charge in [0, 0.05) is 27.7 Å². The standard InChI is InChI=1S/C61H102N4O44/c1-14-31(76)41(86)44(89)57(96-14)94-13-26-49(38(83)27(53(92)97-26)62-15(2)71)104-55-29(64-17(4)73)39(84)48(24(10-70)101-55)106-59-46(91)50(107-61-52(43(88)35(80)22(8-68)100-61)109-54-28(63-16(3)72)37(82)33(78)20(6-66)98-54)36(81)25(103-59)12-95-60-51(32(77)19(75)11-93-60)108-56-30(65-18(5)74)40(85)47(23(9-69)102-56)105-58-45(90)42(87)34(79)21(7-67)99-58/h14,19-61,66-70,75-92H,6-13H2,1-5H3,(H,62,71)(H,63,72)(H,64,73)(H,65,74)/t14-,19+,20+,21+,22+,23+,24+,25+,26+,27+,28+,29+,30+,31+,32-,33+,34-,35+,36+,37+,38+,39+,40+,41+,42-,43-,44-,45+,46-,47+,48+,49+,50-,51-,52-,53+,54-,55-,56-,57+,58-,59-,60+,61+/m0/s1. The molecule has 48 nitrogen and oxygen atoms in total. The van der Waals surface area contributed by atoms with Gasteiger partial charge < -0.3 is 219 Å². The molecule has 0 aromatic carbocycles. The van der Waals surface area contributed by atoms with Gasteiger partial charge in [-0.3, -0.25) is 19.2 Å². The van der Waals surface area contributed by atoms with Crippen LogP contribution in [0, 0.1) is 0 Å². The normalized spacial score (nSPS) is 49.2. The molecule has 0 unspecified atom stereocenters. The van der Waals surface area contributed by atoms with Gasteiger partial charge >= 0.3 is 0 Å². The minimum Gasteiger partial charge on any atom is -0.394 e. The number of aliphatic hydroxyl groups excluding tert-OH is 23. The van der Waals surface area contributed by atoms with Crippen LogP contribution in [0.3, 0.4) is 0 Å². The lowest BCUT2D eigenvalue weighted by Gasteiger charge is -2.51. The van der Waals surface area contributed by atoms with Crippen LogP contribution in [0.2, 0.25) is 0 Å². The summed E-state index contributed by atoms with van der Waals surface area (Å²) >= 11 is 0. The van der Waals surface area contributed by atoms with Crippen LogP contribution in [-0.4, -0.2) is 464 Å². The van der Waals surface area contributed by atoms with Crippen LogP contribution < -0.4 is 21.3 Å². The highest BCUT2D eigenvalue weighted by atomic mass is 16.8. The zero-order chi connectivity index (χ0) is 80.2. The van der Waals surface area contributed by atoms with Crippen molar-refractivity contribution in [3.8, 4) is 0 Å². The van der Waals surface area contributed by atoms with Gasteiger partial charge in [-0.15, -0.1) is 0 Å². The van der Waals surface area contributed by atoms with Crippen molar-refractivity contribution in [2.45, 2.75) is 305 Å². The van der Waals surface area contributed by atoms with Crippen LogP contribution in [0.25, 0.3) is 0 Å².